The monoisotopic (exact) mass is 415 g/mol. The Morgan fingerprint density at radius 3 is 2.61 bits per heavy atom. The molecule has 2 heterocycles. The van der Waals surface area contributed by atoms with Gasteiger partial charge in [0.15, 0.2) is 0 Å². The predicted octanol–water partition coefficient (Wildman–Crippen LogP) is 4.57. The average molecular weight is 416 g/mol. The summed E-state index contributed by atoms with van der Waals surface area (Å²) in [5.41, 5.74) is 2.55. The van der Waals surface area contributed by atoms with Crippen molar-refractivity contribution in [1.82, 2.24) is 25.2 Å². The second-order valence-corrected chi connectivity index (χ2v) is 6.90. The number of aryl methyl sites for hydroxylation is 1. The Balaban J connectivity index is 1.42. The minimum absolute atomic E-state index is 0.317. The van der Waals surface area contributed by atoms with E-state index in [1.54, 1.807) is 29.9 Å². The molecule has 7 nitrogen and oxygen atoms in total. The van der Waals surface area contributed by atoms with Gasteiger partial charge in [-0.2, -0.15) is 0 Å². The summed E-state index contributed by atoms with van der Waals surface area (Å²) in [6, 6.07) is 12.8. The molecule has 142 valence electrons. The first-order chi connectivity index (χ1) is 13.6. The zero-order valence-electron chi connectivity index (χ0n) is 14.8. The molecule has 0 aliphatic carbocycles. The standard InChI is InChI=1S/C19H15Cl2N5O2/c1-12-23-24-19(28-12)13-3-6-17(7-4-13)27-11-16-9-22-25-26(16)10-14-2-5-15(20)8-18(14)21/h2-9H,10-11H2,1H3. The maximum Gasteiger partial charge on any atom is 0.247 e. The van der Waals surface area contributed by atoms with E-state index in [1.165, 1.54) is 0 Å². The van der Waals surface area contributed by atoms with Gasteiger partial charge in [-0.1, -0.05) is 34.5 Å². The number of benzene rings is 2. The van der Waals surface area contributed by atoms with Crippen molar-refractivity contribution in [3.8, 4) is 17.2 Å². The molecule has 0 saturated heterocycles. The van der Waals surface area contributed by atoms with Gasteiger partial charge in [0.05, 0.1) is 18.4 Å². The van der Waals surface area contributed by atoms with Crippen LogP contribution < -0.4 is 4.74 Å². The lowest BCUT2D eigenvalue weighted by Crippen LogP contribution is -2.09. The zero-order chi connectivity index (χ0) is 19.5. The highest BCUT2D eigenvalue weighted by molar-refractivity contribution is 6.35. The summed E-state index contributed by atoms with van der Waals surface area (Å²) in [5.74, 6) is 1.71. The molecule has 28 heavy (non-hydrogen) atoms. The number of halogens is 2. The van der Waals surface area contributed by atoms with Crippen molar-refractivity contribution in [2.45, 2.75) is 20.1 Å². The molecule has 2 aromatic carbocycles. The summed E-state index contributed by atoms with van der Waals surface area (Å²) in [7, 11) is 0. The molecule has 9 heteroatoms. The molecule has 0 radical (unpaired) electrons. The number of rotatable bonds is 6. The second-order valence-electron chi connectivity index (χ2n) is 6.06. The maximum atomic E-state index is 6.24. The Kier molecular flexibility index (Phi) is 5.27. The Morgan fingerprint density at radius 2 is 1.89 bits per heavy atom. The SMILES string of the molecule is Cc1nnc(-c2ccc(OCc3cnnn3Cc3ccc(Cl)cc3Cl)cc2)o1. The average Bonchev–Trinajstić information content (AvgIpc) is 3.31. The molecular weight excluding hydrogens is 401 g/mol. The van der Waals surface area contributed by atoms with Crippen LogP contribution in [0.15, 0.2) is 53.1 Å². The molecule has 0 saturated carbocycles. The Labute approximate surface area is 170 Å². The predicted molar refractivity (Wildman–Crippen MR) is 104 cm³/mol. The molecule has 0 aliphatic rings. The van der Waals surface area contributed by atoms with Crippen LogP contribution >= 0.6 is 23.2 Å². The van der Waals surface area contributed by atoms with Gasteiger partial charge >= 0.3 is 0 Å². The molecule has 0 bridgehead atoms. The van der Waals surface area contributed by atoms with Crippen LogP contribution in [0.5, 0.6) is 5.75 Å². The van der Waals surface area contributed by atoms with Crippen LogP contribution in [-0.4, -0.2) is 25.2 Å². The number of hydrogen-bond donors (Lipinski definition) is 0. The summed E-state index contributed by atoms with van der Waals surface area (Å²) < 4.78 is 13.0. The minimum Gasteiger partial charge on any atom is -0.487 e. The molecule has 2 aromatic heterocycles. The van der Waals surface area contributed by atoms with Gasteiger partial charge in [-0.05, 0) is 42.0 Å². The van der Waals surface area contributed by atoms with E-state index in [0.717, 1.165) is 16.8 Å². The van der Waals surface area contributed by atoms with Crippen LogP contribution in [0.2, 0.25) is 10.0 Å². The Hall–Kier alpha value is -2.90. The van der Waals surface area contributed by atoms with Crippen molar-refractivity contribution in [2.24, 2.45) is 0 Å². The van der Waals surface area contributed by atoms with Crippen molar-refractivity contribution in [2.75, 3.05) is 0 Å². The van der Waals surface area contributed by atoms with Gasteiger partial charge in [-0.25, -0.2) is 4.68 Å². The van der Waals surface area contributed by atoms with E-state index in [1.807, 2.05) is 30.3 Å². The van der Waals surface area contributed by atoms with Gasteiger partial charge < -0.3 is 9.15 Å². The smallest absolute Gasteiger partial charge is 0.247 e. The number of aromatic nitrogens is 5. The molecule has 0 amide bonds. The van der Waals surface area contributed by atoms with Crippen LogP contribution in [0.3, 0.4) is 0 Å². The number of hydrogen-bond acceptors (Lipinski definition) is 6. The Bertz CT molecular complexity index is 1090. The van der Waals surface area contributed by atoms with Gasteiger partial charge in [-0.3, -0.25) is 0 Å². The lowest BCUT2D eigenvalue weighted by atomic mass is 10.2. The van der Waals surface area contributed by atoms with Crippen LogP contribution in [0.1, 0.15) is 17.1 Å². The summed E-state index contributed by atoms with van der Waals surface area (Å²) in [6.45, 7) is 2.55. The van der Waals surface area contributed by atoms with Crippen molar-refractivity contribution in [3.05, 3.63) is 75.9 Å². The first kappa shape index (κ1) is 18.5. The van der Waals surface area contributed by atoms with E-state index in [-0.39, 0.29) is 0 Å². The molecule has 0 aliphatic heterocycles. The first-order valence-electron chi connectivity index (χ1n) is 8.43. The fourth-order valence-corrected chi connectivity index (χ4v) is 3.07. The van der Waals surface area contributed by atoms with Gasteiger partial charge in [0.25, 0.3) is 0 Å². The van der Waals surface area contributed by atoms with Crippen molar-refractivity contribution in [3.63, 3.8) is 0 Å². The van der Waals surface area contributed by atoms with E-state index in [9.17, 15) is 0 Å². The quantitative estimate of drug-likeness (QED) is 0.458. The second kappa shape index (κ2) is 8.00. The molecule has 0 N–H and O–H groups in total. The zero-order valence-corrected chi connectivity index (χ0v) is 16.4. The summed E-state index contributed by atoms with van der Waals surface area (Å²) in [6.07, 6.45) is 1.67. The molecule has 0 unspecified atom stereocenters. The summed E-state index contributed by atoms with van der Waals surface area (Å²) in [5, 5.41) is 17.1. The first-order valence-corrected chi connectivity index (χ1v) is 9.19. The molecule has 0 spiro atoms. The molecular formula is C19H15Cl2N5O2. The van der Waals surface area contributed by atoms with Gasteiger partial charge in [0.2, 0.25) is 11.8 Å². The topological polar surface area (TPSA) is 78.9 Å². The molecule has 0 atom stereocenters. The molecule has 4 rings (SSSR count). The largest absolute Gasteiger partial charge is 0.487 e. The molecule has 4 aromatic rings. The third kappa shape index (κ3) is 4.16. The van der Waals surface area contributed by atoms with Crippen LogP contribution in [0, 0.1) is 6.92 Å². The van der Waals surface area contributed by atoms with E-state index < -0.39 is 0 Å². The third-order valence-electron chi connectivity index (χ3n) is 4.05. The molecule has 0 fully saturated rings. The maximum absolute atomic E-state index is 6.24. The van der Waals surface area contributed by atoms with Gasteiger partial charge in [0.1, 0.15) is 12.4 Å². The van der Waals surface area contributed by atoms with Crippen LogP contribution in [0.25, 0.3) is 11.5 Å². The normalized spacial score (nSPS) is 11.0. The van der Waals surface area contributed by atoms with E-state index in [0.29, 0.717) is 40.7 Å². The highest BCUT2D eigenvalue weighted by atomic mass is 35.5. The third-order valence-corrected chi connectivity index (χ3v) is 4.63. The van der Waals surface area contributed by atoms with E-state index >= 15 is 0 Å². The highest BCUT2D eigenvalue weighted by Crippen LogP contribution is 2.23. The van der Waals surface area contributed by atoms with Crippen molar-refractivity contribution in [1.29, 1.82) is 0 Å². The van der Waals surface area contributed by atoms with Gasteiger partial charge in [-0.15, -0.1) is 15.3 Å². The van der Waals surface area contributed by atoms with Crippen molar-refractivity contribution < 1.29 is 9.15 Å². The van der Waals surface area contributed by atoms with E-state index in [4.69, 9.17) is 32.4 Å². The highest BCUT2D eigenvalue weighted by Gasteiger charge is 2.10. The van der Waals surface area contributed by atoms with Gasteiger partial charge in [0, 0.05) is 22.5 Å². The van der Waals surface area contributed by atoms with Crippen LogP contribution in [0.4, 0.5) is 0 Å². The van der Waals surface area contributed by atoms with E-state index in [2.05, 4.69) is 20.5 Å². The summed E-state index contributed by atoms with van der Waals surface area (Å²) >= 11 is 12.2. The number of nitrogens with zero attached hydrogens (tertiary/aromatic N) is 5. The summed E-state index contributed by atoms with van der Waals surface area (Å²) in [4.78, 5) is 0. The minimum atomic E-state index is 0.317. The fraction of sp³-hybridized carbons (Fsp3) is 0.158. The lowest BCUT2D eigenvalue weighted by Gasteiger charge is -2.10. The number of ether oxygens (including phenoxy) is 1. The van der Waals surface area contributed by atoms with Crippen LogP contribution in [-0.2, 0) is 13.2 Å². The van der Waals surface area contributed by atoms with Crippen molar-refractivity contribution >= 4 is 23.2 Å². The lowest BCUT2D eigenvalue weighted by molar-refractivity contribution is 0.293. The Morgan fingerprint density at radius 1 is 1.07 bits per heavy atom. The fourth-order valence-electron chi connectivity index (χ4n) is 2.60.